The number of hydrogen-bond donors (Lipinski definition) is 1. The van der Waals surface area contributed by atoms with Gasteiger partial charge >= 0.3 is 0 Å². The molecule has 46 valence electrons. The molecule has 1 unspecified atom stereocenters. The topological polar surface area (TPSA) is 80.4 Å². The standard InChI is InChI=1S/C3H5NO4/c5-1-3(2-6)4(7)8/h1,3,6H,2H2. The average molecular weight is 119 g/mol. The largest absolute Gasteiger partial charge is 0.389 e. The highest BCUT2D eigenvalue weighted by atomic mass is 16.6. The second kappa shape index (κ2) is 3.09. The molecule has 0 bridgehead atoms. The summed E-state index contributed by atoms with van der Waals surface area (Å²) in [5, 5.41) is 17.6. The van der Waals surface area contributed by atoms with E-state index in [4.69, 9.17) is 5.11 Å². The third-order valence-corrected chi connectivity index (χ3v) is 0.615. The van der Waals surface area contributed by atoms with Crippen LogP contribution < -0.4 is 0 Å². The van der Waals surface area contributed by atoms with Crippen molar-refractivity contribution in [3.05, 3.63) is 10.1 Å². The van der Waals surface area contributed by atoms with Crippen LogP contribution in [0.2, 0.25) is 0 Å². The van der Waals surface area contributed by atoms with Crippen molar-refractivity contribution >= 4 is 6.29 Å². The van der Waals surface area contributed by atoms with Crippen molar-refractivity contribution in [3.63, 3.8) is 0 Å². The highest BCUT2D eigenvalue weighted by Crippen LogP contribution is 1.79. The molecule has 5 heteroatoms. The number of nitro groups is 1. The maximum atomic E-state index is 9.58. The minimum Gasteiger partial charge on any atom is -0.389 e. The zero-order valence-electron chi connectivity index (χ0n) is 3.98. The molecule has 0 saturated heterocycles. The third-order valence-electron chi connectivity index (χ3n) is 0.615. The quantitative estimate of drug-likeness (QED) is 0.288. The summed E-state index contributed by atoms with van der Waals surface area (Å²) in [5.41, 5.74) is 0. The van der Waals surface area contributed by atoms with E-state index in [0.29, 0.717) is 0 Å². The van der Waals surface area contributed by atoms with Gasteiger partial charge < -0.3 is 5.11 Å². The summed E-state index contributed by atoms with van der Waals surface area (Å²) < 4.78 is 0. The molecule has 1 N–H and O–H groups in total. The molecule has 0 heterocycles. The van der Waals surface area contributed by atoms with E-state index in [-0.39, 0.29) is 6.29 Å². The average Bonchev–Trinajstić information content (AvgIpc) is 1.69. The van der Waals surface area contributed by atoms with Crippen LogP contribution in [0, 0.1) is 10.1 Å². The summed E-state index contributed by atoms with van der Waals surface area (Å²) in [6.45, 7) is -0.726. The van der Waals surface area contributed by atoms with Crippen LogP contribution in [0.4, 0.5) is 0 Å². The SMILES string of the molecule is O=CC(CO)[N+](=O)[O-]. The molecule has 1 atom stereocenters. The van der Waals surface area contributed by atoms with E-state index < -0.39 is 17.6 Å². The lowest BCUT2D eigenvalue weighted by atomic mass is 10.4. The van der Waals surface area contributed by atoms with Crippen LogP contribution in [-0.2, 0) is 4.79 Å². The van der Waals surface area contributed by atoms with Crippen molar-refractivity contribution in [1.82, 2.24) is 0 Å². The van der Waals surface area contributed by atoms with E-state index in [0.717, 1.165) is 0 Å². The minimum absolute atomic E-state index is 0.0972. The van der Waals surface area contributed by atoms with Crippen molar-refractivity contribution < 1.29 is 14.8 Å². The number of aliphatic hydroxyl groups is 1. The normalized spacial score (nSPS) is 12.6. The first kappa shape index (κ1) is 7.03. The Labute approximate surface area is 45.1 Å². The van der Waals surface area contributed by atoms with Gasteiger partial charge in [0.15, 0.2) is 6.29 Å². The Morgan fingerprint density at radius 3 is 2.38 bits per heavy atom. The van der Waals surface area contributed by atoms with Gasteiger partial charge in [-0.2, -0.15) is 0 Å². The maximum absolute atomic E-state index is 9.58. The molecule has 0 spiro atoms. The van der Waals surface area contributed by atoms with Crippen LogP contribution in [0.3, 0.4) is 0 Å². The first-order valence-electron chi connectivity index (χ1n) is 1.92. The zero-order chi connectivity index (χ0) is 6.57. The van der Waals surface area contributed by atoms with Gasteiger partial charge in [0.25, 0.3) is 6.04 Å². The Bertz CT molecular complexity index is 101. The van der Waals surface area contributed by atoms with Crippen LogP contribution in [0.1, 0.15) is 0 Å². The fourth-order valence-corrected chi connectivity index (χ4v) is 0.159. The highest BCUT2D eigenvalue weighted by Gasteiger charge is 2.15. The van der Waals surface area contributed by atoms with Gasteiger partial charge in [-0.15, -0.1) is 0 Å². The maximum Gasteiger partial charge on any atom is 0.289 e. The van der Waals surface area contributed by atoms with Crippen LogP contribution >= 0.6 is 0 Å². The monoisotopic (exact) mass is 119 g/mol. The fraction of sp³-hybridized carbons (Fsp3) is 0.667. The van der Waals surface area contributed by atoms with Gasteiger partial charge in [-0.3, -0.25) is 14.9 Å². The molecule has 0 fully saturated rings. The summed E-state index contributed by atoms with van der Waals surface area (Å²) >= 11 is 0. The molecule has 0 aliphatic heterocycles. The summed E-state index contributed by atoms with van der Waals surface area (Å²) in [5.74, 6) is 0. The molecule has 0 radical (unpaired) electrons. The number of carbonyl (C=O) groups excluding carboxylic acids is 1. The van der Waals surface area contributed by atoms with Crippen LogP contribution in [0.15, 0.2) is 0 Å². The molecular formula is C3H5NO4. The van der Waals surface area contributed by atoms with E-state index in [1.54, 1.807) is 0 Å². The van der Waals surface area contributed by atoms with Gasteiger partial charge in [0.05, 0.1) is 0 Å². The summed E-state index contributed by atoms with van der Waals surface area (Å²) in [7, 11) is 0. The lowest BCUT2D eigenvalue weighted by Crippen LogP contribution is -2.24. The Morgan fingerprint density at radius 1 is 1.88 bits per heavy atom. The number of rotatable bonds is 3. The van der Waals surface area contributed by atoms with E-state index >= 15 is 0 Å². The lowest BCUT2D eigenvalue weighted by Gasteiger charge is -1.92. The van der Waals surface area contributed by atoms with Gasteiger partial charge in [0, 0.05) is 4.92 Å². The van der Waals surface area contributed by atoms with E-state index in [1.807, 2.05) is 0 Å². The van der Waals surface area contributed by atoms with Gasteiger partial charge in [-0.1, -0.05) is 0 Å². The molecule has 0 aromatic carbocycles. The van der Waals surface area contributed by atoms with Crippen LogP contribution in [0.25, 0.3) is 0 Å². The van der Waals surface area contributed by atoms with Crippen molar-refractivity contribution in [3.8, 4) is 0 Å². The van der Waals surface area contributed by atoms with Crippen molar-refractivity contribution in [1.29, 1.82) is 0 Å². The van der Waals surface area contributed by atoms with Gasteiger partial charge in [-0.05, 0) is 0 Å². The first-order chi connectivity index (χ1) is 3.72. The molecule has 8 heavy (non-hydrogen) atoms. The van der Waals surface area contributed by atoms with E-state index in [1.165, 1.54) is 0 Å². The number of aldehydes is 1. The van der Waals surface area contributed by atoms with Gasteiger partial charge in [-0.25, -0.2) is 0 Å². The molecule has 0 aromatic rings. The Hall–Kier alpha value is -0.970. The van der Waals surface area contributed by atoms with E-state index in [2.05, 4.69) is 0 Å². The molecule has 0 aliphatic carbocycles. The molecule has 0 amide bonds. The minimum atomic E-state index is -1.45. The summed E-state index contributed by atoms with van der Waals surface area (Å²) in [6.07, 6.45) is 0.0972. The number of carbonyl (C=O) groups is 1. The summed E-state index contributed by atoms with van der Waals surface area (Å²) in [4.78, 5) is 18.3. The molecule has 0 aliphatic rings. The Kier molecular flexibility index (Phi) is 2.71. The third kappa shape index (κ3) is 1.65. The van der Waals surface area contributed by atoms with Crippen LogP contribution in [-0.4, -0.2) is 29.0 Å². The Morgan fingerprint density at radius 2 is 2.38 bits per heavy atom. The molecule has 5 nitrogen and oxygen atoms in total. The van der Waals surface area contributed by atoms with Crippen LogP contribution in [0.5, 0.6) is 0 Å². The van der Waals surface area contributed by atoms with Gasteiger partial charge in [0.1, 0.15) is 6.61 Å². The van der Waals surface area contributed by atoms with Crippen molar-refractivity contribution in [2.45, 2.75) is 6.04 Å². The number of nitrogens with zero attached hydrogens (tertiary/aromatic N) is 1. The predicted molar refractivity (Wildman–Crippen MR) is 23.9 cm³/mol. The predicted octanol–water partition coefficient (Wildman–Crippen LogP) is -1.18. The summed E-state index contributed by atoms with van der Waals surface area (Å²) in [6, 6.07) is -1.45. The van der Waals surface area contributed by atoms with Crippen molar-refractivity contribution in [2.24, 2.45) is 0 Å². The molecule has 0 aromatic heterocycles. The second-order valence-electron chi connectivity index (χ2n) is 1.17. The molecule has 0 saturated carbocycles. The molecular weight excluding hydrogens is 114 g/mol. The number of aliphatic hydroxyl groups excluding tert-OH is 1. The fourth-order valence-electron chi connectivity index (χ4n) is 0.159. The van der Waals surface area contributed by atoms with E-state index in [9.17, 15) is 14.9 Å². The smallest absolute Gasteiger partial charge is 0.289 e. The number of hydrogen-bond acceptors (Lipinski definition) is 4. The zero-order valence-corrected chi connectivity index (χ0v) is 3.98. The lowest BCUT2D eigenvalue weighted by molar-refractivity contribution is -0.508. The van der Waals surface area contributed by atoms with Gasteiger partial charge in [0.2, 0.25) is 0 Å². The van der Waals surface area contributed by atoms with Crippen molar-refractivity contribution in [2.75, 3.05) is 6.61 Å². The Balaban J connectivity index is 3.69. The highest BCUT2D eigenvalue weighted by molar-refractivity contribution is 5.55. The molecule has 0 rings (SSSR count). The second-order valence-corrected chi connectivity index (χ2v) is 1.17. The first-order valence-corrected chi connectivity index (χ1v) is 1.92.